The van der Waals surface area contributed by atoms with E-state index in [0.717, 1.165) is 43.6 Å². The molecule has 0 aliphatic carbocycles. The Hall–Kier alpha value is -1.93. The smallest absolute Gasteiger partial charge is 0.240 e. The van der Waals surface area contributed by atoms with Crippen molar-refractivity contribution < 1.29 is 13.2 Å². The average molecular weight is 448 g/mol. The highest BCUT2D eigenvalue weighted by Gasteiger charge is 2.27. The number of carbonyl (C=O) groups is 1. The van der Waals surface area contributed by atoms with Crippen molar-refractivity contribution in [3.63, 3.8) is 0 Å². The number of rotatable bonds is 7. The molecule has 160 valence electrons. The van der Waals surface area contributed by atoms with Gasteiger partial charge in [0.05, 0.1) is 4.90 Å². The minimum Gasteiger partial charge on any atom is -0.312 e. The summed E-state index contributed by atoms with van der Waals surface area (Å²) in [6.07, 6.45) is 3.58. The number of sulfonamides is 1. The molecule has 1 unspecified atom stereocenters. The first-order chi connectivity index (χ1) is 14.5. The molecule has 2 aliphatic rings. The standard InChI is InChI=1S/C22H26ClN3O3S/c23-20-7-2-1-6-19(20)21(25-13-3-4-14-25)16-24-30(28,29)18-11-9-17(10-12-18)26-15-5-8-22(26)27/h1-2,6-7,9-12,21,24H,3-5,8,13-16H2. The van der Waals surface area contributed by atoms with Gasteiger partial charge in [0.2, 0.25) is 15.9 Å². The first-order valence-electron chi connectivity index (χ1n) is 10.3. The lowest BCUT2D eigenvalue weighted by molar-refractivity contribution is -0.117. The summed E-state index contributed by atoms with van der Waals surface area (Å²) in [4.78, 5) is 16.1. The van der Waals surface area contributed by atoms with Crippen molar-refractivity contribution in [1.29, 1.82) is 0 Å². The molecule has 1 atom stereocenters. The van der Waals surface area contributed by atoms with Crippen molar-refractivity contribution in [2.24, 2.45) is 0 Å². The van der Waals surface area contributed by atoms with Crippen molar-refractivity contribution in [2.45, 2.75) is 36.6 Å². The second-order valence-corrected chi connectivity index (χ2v) is 9.95. The molecule has 4 rings (SSSR count). The summed E-state index contributed by atoms with van der Waals surface area (Å²) < 4.78 is 28.6. The fourth-order valence-corrected chi connectivity index (χ4v) is 5.53. The summed E-state index contributed by atoms with van der Waals surface area (Å²) in [6, 6.07) is 14.0. The molecule has 0 radical (unpaired) electrons. The SMILES string of the molecule is O=C1CCCN1c1ccc(S(=O)(=O)NCC(c2ccccc2Cl)N2CCCC2)cc1. The minimum absolute atomic E-state index is 0.0805. The third-order valence-electron chi connectivity index (χ3n) is 5.84. The Kier molecular flexibility index (Phi) is 6.43. The van der Waals surface area contributed by atoms with Crippen LogP contribution in [0, 0.1) is 0 Å². The van der Waals surface area contributed by atoms with Gasteiger partial charge in [-0.3, -0.25) is 9.69 Å². The molecule has 1 amide bonds. The summed E-state index contributed by atoms with van der Waals surface area (Å²) in [5, 5.41) is 0.647. The fraction of sp³-hybridized carbons (Fsp3) is 0.409. The monoisotopic (exact) mass is 447 g/mol. The van der Waals surface area contributed by atoms with Crippen LogP contribution in [-0.4, -0.2) is 45.4 Å². The average Bonchev–Trinajstić information content (AvgIpc) is 3.41. The van der Waals surface area contributed by atoms with Crippen molar-refractivity contribution in [3.05, 3.63) is 59.1 Å². The van der Waals surface area contributed by atoms with Gasteiger partial charge >= 0.3 is 0 Å². The van der Waals surface area contributed by atoms with Gasteiger partial charge in [-0.25, -0.2) is 13.1 Å². The molecule has 2 aromatic rings. The molecule has 1 N–H and O–H groups in total. The molecular formula is C22H26ClN3O3S. The predicted molar refractivity (Wildman–Crippen MR) is 118 cm³/mol. The normalized spacial score (nSPS) is 18.8. The number of carbonyl (C=O) groups excluding carboxylic acids is 1. The fourth-order valence-electron chi connectivity index (χ4n) is 4.23. The number of hydrogen-bond acceptors (Lipinski definition) is 4. The predicted octanol–water partition coefficient (Wildman–Crippen LogP) is 3.58. The van der Waals surface area contributed by atoms with E-state index in [2.05, 4.69) is 9.62 Å². The van der Waals surface area contributed by atoms with Gasteiger partial charge in [-0.15, -0.1) is 0 Å². The topological polar surface area (TPSA) is 69.7 Å². The quantitative estimate of drug-likeness (QED) is 0.704. The van der Waals surface area contributed by atoms with Crippen LogP contribution in [-0.2, 0) is 14.8 Å². The van der Waals surface area contributed by atoms with Gasteiger partial charge in [0.15, 0.2) is 0 Å². The van der Waals surface area contributed by atoms with Crippen LogP contribution in [0.1, 0.15) is 37.3 Å². The van der Waals surface area contributed by atoms with Crippen LogP contribution >= 0.6 is 11.6 Å². The van der Waals surface area contributed by atoms with E-state index in [1.807, 2.05) is 24.3 Å². The maximum Gasteiger partial charge on any atom is 0.240 e. The van der Waals surface area contributed by atoms with E-state index in [-0.39, 0.29) is 23.4 Å². The number of halogens is 1. The Morgan fingerprint density at radius 2 is 1.67 bits per heavy atom. The van der Waals surface area contributed by atoms with Crippen LogP contribution in [0.2, 0.25) is 5.02 Å². The van der Waals surface area contributed by atoms with Gasteiger partial charge in [-0.05, 0) is 68.2 Å². The Morgan fingerprint density at radius 1 is 0.967 bits per heavy atom. The Morgan fingerprint density at radius 3 is 2.30 bits per heavy atom. The second kappa shape index (κ2) is 9.06. The molecule has 0 bridgehead atoms. The van der Waals surface area contributed by atoms with Crippen LogP contribution in [0.3, 0.4) is 0 Å². The molecule has 2 heterocycles. The van der Waals surface area contributed by atoms with E-state index in [9.17, 15) is 13.2 Å². The summed E-state index contributed by atoms with van der Waals surface area (Å²) in [5.41, 5.74) is 1.68. The summed E-state index contributed by atoms with van der Waals surface area (Å²) in [7, 11) is -3.68. The highest BCUT2D eigenvalue weighted by Crippen LogP contribution is 2.30. The molecule has 0 aromatic heterocycles. The lowest BCUT2D eigenvalue weighted by Gasteiger charge is -2.29. The van der Waals surface area contributed by atoms with Crippen LogP contribution in [0.5, 0.6) is 0 Å². The van der Waals surface area contributed by atoms with Crippen LogP contribution in [0.15, 0.2) is 53.4 Å². The number of amides is 1. The Labute approximate surface area is 182 Å². The first kappa shape index (κ1) is 21.3. The molecule has 2 aliphatic heterocycles. The molecule has 0 spiro atoms. The van der Waals surface area contributed by atoms with Crippen LogP contribution < -0.4 is 9.62 Å². The highest BCUT2D eigenvalue weighted by molar-refractivity contribution is 7.89. The first-order valence-corrected chi connectivity index (χ1v) is 12.2. The van der Waals surface area contributed by atoms with E-state index in [0.29, 0.717) is 18.0 Å². The Balaban J connectivity index is 1.50. The zero-order chi connectivity index (χ0) is 21.1. The van der Waals surface area contributed by atoms with Gasteiger partial charge in [0.25, 0.3) is 0 Å². The van der Waals surface area contributed by atoms with Crippen molar-refractivity contribution in [1.82, 2.24) is 9.62 Å². The van der Waals surface area contributed by atoms with E-state index < -0.39 is 10.0 Å². The molecule has 6 nitrogen and oxygen atoms in total. The molecule has 2 fully saturated rings. The van der Waals surface area contributed by atoms with Gasteiger partial charge in [0.1, 0.15) is 0 Å². The lowest BCUT2D eigenvalue weighted by Crippen LogP contribution is -2.37. The number of nitrogens with one attached hydrogen (secondary N) is 1. The minimum atomic E-state index is -3.68. The van der Waals surface area contributed by atoms with Crippen LogP contribution in [0.4, 0.5) is 5.69 Å². The maximum atomic E-state index is 12.9. The number of benzene rings is 2. The number of hydrogen-bond donors (Lipinski definition) is 1. The van der Waals surface area contributed by atoms with Crippen molar-refractivity contribution in [2.75, 3.05) is 31.1 Å². The lowest BCUT2D eigenvalue weighted by atomic mass is 10.1. The molecular weight excluding hydrogens is 422 g/mol. The van der Waals surface area contributed by atoms with Gasteiger partial charge in [-0.2, -0.15) is 0 Å². The van der Waals surface area contributed by atoms with Gasteiger partial charge < -0.3 is 4.90 Å². The zero-order valence-electron chi connectivity index (χ0n) is 16.8. The largest absolute Gasteiger partial charge is 0.312 e. The molecule has 2 aromatic carbocycles. The summed E-state index contributed by atoms with van der Waals surface area (Å²) in [6.45, 7) is 2.78. The van der Waals surface area contributed by atoms with E-state index in [1.165, 1.54) is 0 Å². The van der Waals surface area contributed by atoms with Crippen molar-refractivity contribution in [3.8, 4) is 0 Å². The van der Waals surface area contributed by atoms with E-state index >= 15 is 0 Å². The third kappa shape index (κ3) is 4.54. The molecule has 30 heavy (non-hydrogen) atoms. The number of anilines is 1. The Bertz CT molecular complexity index is 1000. The highest BCUT2D eigenvalue weighted by atomic mass is 35.5. The van der Waals surface area contributed by atoms with Crippen LogP contribution in [0.25, 0.3) is 0 Å². The van der Waals surface area contributed by atoms with Gasteiger partial charge in [0, 0.05) is 36.3 Å². The van der Waals surface area contributed by atoms with E-state index in [1.54, 1.807) is 29.2 Å². The summed E-state index contributed by atoms with van der Waals surface area (Å²) in [5.74, 6) is 0.0805. The molecule has 2 saturated heterocycles. The zero-order valence-corrected chi connectivity index (χ0v) is 18.3. The van der Waals surface area contributed by atoms with Crippen molar-refractivity contribution >= 4 is 33.2 Å². The van der Waals surface area contributed by atoms with Gasteiger partial charge in [-0.1, -0.05) is 29.8 Å². The number of likely N-dealkylation sites (tertiary alicyclic amines) is 1. The maximum absolute atomic E-state index is 12.9. The molecule has 8 heteroatoms. The molecule has 0 saturated carbocycles. The van der Waals surface area contributed by atoms with E-state index in [4.69, 9.17) is 11.6 Å². The summed E-state index contributed by atoms with van der Waals surface area (Å²) >= 11 is 6.42. The third-order valence-corrected chi connectivity index (χ3v) is 7.63. The second-order valence-electron chi connectivity index (χ2n) is 7.78. The number of nitrogens with zero attached hydrogens (tertiary/aromatic N) is 2.